The van der Waals surface area contributed by atoms with Crippen molar-refractivity contribution in [2.45, 2.75) is 27.7 Å². The van der Waals surface area contributed by atoms with Crippen LogP contribution in [-0.2, 0) is 4.79 Å². The highest BCUT2D eigenvalue weighted by atomic mass is 16.1. The summed E-state index contributed by atoms with van der Waals surface area (Å²) in [5, 5.41) is 2.84. The first-order chi connectivity index (χ1) is 6.95. The molecule has 0 aromatic carbocycles. The Morgan fingerprint density at radius 1 is 1.40 bits per heavy atom. The van der Waals surface area contributed by atoms with Crippen molar-refractivity contribution in [2.75, 3.05) is 26.2 Å². The van der Waals surface area contributed by atoms with Crippen molar-refractivity contribution in [1.29, 1.82) is 0 Å². The number of carbonyl (C=O) groups excluding carboxylic acids is 1. The van der Waals surface area contributed by atoms with Crippen molar-refractivity contribution in [3.05, 3.63) is 12.7 Å². The average molecular weight is 212 g/mol. The number of rotatable bonds is 7. The molecule has 0 bridgehead atoms. The summed E-state index contributed by atoms with van der Waals surface area (Å²) in [4.78, 5) is 13.4. The van der Waals surface area contributed by atoms with Crippen LogP contribution < -0.4 is 5.32 Å². The lowest BCUT2D eigenvalue weighted by Crippen LogP contribution is -2.41. The standard InChI is InChI=1S/C12H24N2O/c1-6-11(15)13-9-12(4,5)10-14(7-2)8-3/h6H,1,7-10H2,2-5H3,(H,13,15). The Balaban J connectivity index is 4.05. The topological polar surface area (TPSA) is 32.3 Å². The summed E-state index contributed by atoms with van der Waals surface area (Å²) in [6.45, 7) is 15.9. The normalized spacial score (nSPS) is 11.5. The zero-order valence-electron chi connectivity index (χ0n) is 10.5. The molecule has 0 heterocycles. The molecule has 0 spiro atoms. The molecule has 0 fully saturated rings. The summed E-state index contributed by atoms with van der Waals surface area (Å²) in [5.41, 5.74) is 0.102. The molecule has 15 heavy (non-hydrogen) atoms. The van der Waals surface area contributed by atoms with Gasteiger partial charge >= 0.3 is 0 Å². The number of nitrogens with one attached hydrogen (secondary N) is 1. The van der Waals surface area contributed by atoms with Crippen molar-refractivity contribution in [2.24, 2.45) is 5.41 Å². The fourth-order valence-electron chi connectivity index (χ4n) is 1.51. The molecule has 0 radical (unpaired) electrons. The Kier molecular flexibility index (Phi) is 6.25. The molecule has 0 unspecified atom stereocenters. The summed E-state index contributed by atoms with van der Waals surface area (Å²) in [5.74, 6) is -0.0948. The Hall–Kier alpha value is -0.830. The Morgan fingerprint density at radius 3 is 2.33 bits per heavy atom. The van der Waals surface area contributed by atoms with E-state index in [9.17, 15) is 4.79 Å². The summed E-state index contributed by atoms with van der Waals surface area (Å²) in [7, 11) is 0. The first-order valence-electron chi connectivity index (χ1n) is 5.57. The molecule has 3 heteroatoms. The minimum absolute atomic E-state index is 0.0948. The molecule has 0 rings (SSSR count). The van der Waals surface area contributed by atoms with E-state index in [4.69, 9.17) is 0 Å². The first kappa shape index (κ1) is 14.2. The van der Waals surface area contributed by atoms with Crippen LogP contribution in [0.4, 0.5) is 0 Å². The van der Waals surface area contributed by atoms with Gasteiger partial charge in [0.15, 0.2) is 0 Å². The van der Waals surface area contributed by atoms with E-state index in [1.54, 1.807) is 0 Å². The van der Waals surface area contributed by atoms with E-state index in [0.29, 0.717) is 6.54 Å². The monoisotopic (exact) mass is 212 g/mol. The van der Waals surface area contributed by atoms with E-state index in [0.717, 1.165) is 19.6 Å². The van der Waals surface area contributed by atoms with Crippen LogP contribution in [0, 0.1) is 5.41 Å². The van der Waals surface area contributed by atoms with Gasteiger partial charge in [-0.3, -0.25) is 4.79 Å². The highest BCUT2D eigenvalue weighted by Crippen LogP contribution is 2.15. The maximum absolute atomic E-state index is 11.0. The lowest BCUT2D eigenvalue weighted by Gasteiger charge is -2.31. The van der Waals surface area contributed by atoms with E-state index >= 15 is 0 Å². The molecular weight excluding hydrogens is 188 g/mol. The van der Waals surface area contributed by atoms with Gasteiger partial charge in [0.05, 0.1) is 0 Å². The van der Waals surface area contributed by atoms with Gasteiger partial charge in [-0.25, -0.2) is 0 Å². The molecule has 3 nitrogen and oxygen atoms in total. The second-order valence-corrected chi connectivity index (χ2v) is 4.55. The largest absolute Gasteiger partial charge is 0.352 e. The molecule has 0 saturated carbocycles. The third-order valence-corrected chi connectivity index (χ3v) is 2.47. The predicted molar refractivity (Wildman–Crippen MR) is 64.8 cm³/mol. The van der Waals surface area contributed by atoms with Gasteiger partial charge in [0, 0.05) is 13.1 Å². The minimum Gasteiger partial charge on any atom is -0.352 e. The van der Waals surface area contributed by atoms with Crippen molar-refractivity contribution in [3.63, 3.8) is 0 Å². The fraction of sp³-hybridized carbons (Fsp3) is 0.750. The van der Waals surface area contributed by atoms with Gasteiger partial charge in [0.25, 0.3) is 0 Å². The van der Waals surface area contributed by atoms with E-state index in [2.05, 4.69) is 44.5 Å². The minimum atomic E-state index is -0.0948. The number of nitrogens with zero attached hydrogens (tertiary/aromatic N) is 1. The number of hydrogen-bond donors (Lipinski definition) is 1. The van der Waals surface area contributed by atoms with Crippen molar-refractivity contribution in [1.82, 2.24) is 10.2 Å². The van der Waals surface area contributed by atoms with Crippen LogP contribution >= 0.6 is 0 Å². The zero-order chi connectivity index (χ0) is 11.9. The molecule has 0 aromatic heterocycles. The molecule has 1 N–H and O–H groups in total. The maximum atomic E-state index is 11.0. The number of carbonyl (C=O) groups is 1. The SMILES string of the molecule is C=CC(=O)NCC(C)(C)CN(CC)CC. The van der Waals surface area contributed by atoms with Crippen LogP contribution in [0.3, 0.4) is 0 Å². The fourth-order valence-corrected chi connectivity index (χ4v) is 1.51. The predicted octanol–water partition coefficient (Wildman–Crippen LogP) is 1.66. The number of hydrogen-bond acceptors (Lipinski definition) is 2. The Labute approximate surface area is 93.5 Å². The Bertz CT molecular complexity index is 208. The van der Waals surface area contributed by atoms with E-state index in [1.165, 1.54) is 6.08 Å². The zero-order valence-corrected chi connectivity index (χ0v) is 10.5. The van der Waals surface area contributed by atoms with Crippen molar-refractivity contribution in [3.8, 4) is 0 Å². The van der Waals surface area contributed by atoms with Crippen molar-refractivity contribution < 1.29 is 4.79 Å². The summed E-state index contributed by atoms with van der Waals surface area (Å²) < 4.78 is 0. The second kappa shape index (κ2) is 6.62. The molecule has 0 aromatic rings. The van der Waals surface area contributed by atoms with E-state index in [1.807, 2.05) is 0 Å². The van der Waals surface area contributed by atoms with Gasteiger partial charge in [-0.15, -0.1) is 0 Å². The van der Waals surface area contributed by atoms with Crippen LogP contribution in [0.25, 0.3) is 0 Å². The quantitative estimate of drug-likeness (QED) is 0.651. The molecule has 0 aliphatic rings. The maximum Gasteiger partial charge on any atom is 0.243 e. The molecular formula is C12H24N2O. The number of amides is 1. The summed E-state index contributed by atoms with van der Waals surface area (Å²) in [6, 6.07) is 0. The smallest absolute Gasteiger partial charge is 0.243 e. The van der Waals surface area contributed by atoms with Gasteiger partial charge in [0.1, 0.15) is 0 Å². The molecule has 0 atom stereocenters. The highest BCUT2D eigenvalue weighted by molar-refractivity contribution is 5.86. The van der Waals surface area contributed by atoms with Gasteiger partial charge in [0.2, 0.25) is 5.91 Å². The van der Waals surface area contributed by atoms with E-state index in [-0.39, 0.29) is 11.3 Å². The van der Waals surface area contributed by atoms with Crippen LogP contribution in [0.5, 0.6) is 0 Å². The van der Waals surface area contributed by atoms with Crippen LogP contribution in [-0.4, -0.2) is 37.0 Å². The lowest BCUT2D eigenvalue weighted by molar-refractivity contribution is -0.116. The first-order valence-corrected chi connectivity index (χ1v) is 5.57. The highest BCUT2D eigenvalue weighted by Gasteiger charge is 2.20. The van der Waals surface area contributed by atoms with Gasteiger partial charge in [-0.2, -0.15) is 0 Å². The second-order valence-electron chi connectivity index (χ2n) is 4.55. The van der Waals surface area contributed by atoms with Crippen molar-refractivity contribution >= 4 is 5.91 Å². The average Bonchev–Trinajstić information content (AvgIpc) is 2.22. The van der Waals surface area contributed by atoms with Gasteiger partial charge < -0.3 is 10.2 Å². The summed E-state index contributed by atoms with van der Waals surface area (Å²) >= 11 is 0. The third kappa shape index (κ3) is 6.28. The van der Waals surface area contributed by atoms with Crippen LogP contribution in [0.2, 0.25) is 0 Å². The van der Waals surface area contributed by atoms with Crippen LogP contribution in [0.15, 0.2) is 12.7 Å². The molecule has 0 aliphatic carbocycles. The van der Waals surface area contributed by atoms with Crippen LogP contribution in [0.1, 0.15) is 27.7 Å². The molecule has 0 aliphatic heterocycles. The Morgan fingerprint density at radius 2 is 1.93 bits per heavy atom. The molecule has 88 valence electrons. The third-order valence-electron chi connectivity index (χ3n) is 2.47. The lowest BCUT2D eigenvalue weighted by atomic mass is 9.92. The van der Waals surface area contributed by atoms with E-state index < -0.39 is 0 Å². The van der Waals surface area contributed by atoms with Gasteiger partial charge in [-0.05, 0) is 24.6 Å². The molecule has 0 saturated heterocycles. The van der Waals surface area contributed by atoms with Gasteiger partial charge in [-0.1, -0.05) is 34.3 Å². The summed E-state index contributed by atoms with van der Waals surface area (Å²) in [6.07, 6.45) is 1.31. The molecule has 1 amide bonds.